The van der Waals surface area contributed by atoms with Gasteiger partial charge in [0.1, 0.15) is 0 Å². The van der Waals surface area contributed by atoms with Crippen molar-refractivity contribution in [3.8, 4) is 0 Å². The number of halogens is 3. The van der Waals surface area contributed by atoms with Gasteiger partial charge in [-0.1, -0.05) is 12.8 Å². The summed E-state index contributed by atoms with van der Waals surface area (Å²) in [6, 6.07) is 0.148. The van der Waals surface area contributed by atoms with E-state index >= 15 is 0 Å². The maximum atomic E-state index is 12.3. The molecule has 0 radical (unpaired) electrons. The van der Waals surface area contributed by atoms with Crippen LogP contribution in [0.2, 0.25) is 0 Å². The largest absolute Gasteiger partial charge is 0.389 e. The lowest BCUT2D eigenvalue weighted by molar-refractivity contribution is -0.151. The van der Waals surface area contributed by atoms with Gasteiger partial charge in [0, 0.05) is 19.0 Å². The monoisotopic (exact) mass is 306 g/mol. The van der Waals surface area contributed by atoms with Crippen LogP contribution < -0.4 is 5.32 Å². The third-order valence-corrected chi connectivity index (χ3v) is 4.67. The fraction of sp³-hybridized carbons (Fsp3) is 0.933. The second-order valence-corrected chi connectivity index (χ2v) is 6.21. The van der Waals surface area contributed by atoms with Crippen LogP contribution in [0.4, 0.5) is 13.2 Å². The van der Waals surface area contributed by atoms with Crippen LogP contribution in [-0.4, -0.2) is 42.7 Å². The minimum atomic E-state index is -4.24. The lowest BCUT2D eigenvalue weighted by atomic mass is 9.86. The van der Waals surface area contributed by atoms with Gasteiger partial charge in [-0.2, -0.15) is 13.2 Å². The van der Waals surface area contributed by atoms with Crippen molar-refractivity contribution >= 4 is 5.91 Å². The third kappa shape index (κ3) is 5.16. The molecule has 1 N–H and O–H groups in total. The molecule has 0 aromatic carbocycles. The Hall–Kier alpha value is -0.780. The highest BCUT2D eigenvalue weighted by atomic mass is 19.4. The molecule has 2 aliphatic heterocycles. The average Bonchev–Trinajstić information content (AvgIpc) is 2.70. The molecule has 2 fully saturated rings. The van der Waals surface area contributed by atoms with Crippen molar-refractivity contribution in [3.63, 3.8) is 0 Å². The SMILES string of the molecule is O=C(CCC(F)(F)F)N1CCCCCC1C1CCNCC1. The highest BCUT2D eigenvalue weighted by Crippen LogP contribution is 2.30. The zero-order valence-electron chi connectivity index (χ0n) is 12.4. The summed E-state index contributed by atoms with van der Waals surface area (Å²) < 4.78 is 37.0. The predicted molar refractivity (Wildman–Crippen MR) is 74.9 cm³/mol. The van der Waals surface area contributed by atoms with E-state index in [1.807, 2.05) is 0 Å². The molecule has 2 aliphatic rings. The zero-order chi connectivity index (χ0) is 15.3. The van der Waals surface area contributed by atoms with Crippen molar-refractivity contribution in [2.75, 3.05) is 19.6 Å². The summed E-state index contributed by atoms with van der Waals surface area (Å²) in [5.41, 5.74) is 0. The number of hydrogen-bond acceptors (Lipinski definition) is 2. The first kappa shape index (κ1) is 16.6. The van der Waals surface area contributed by atoms with E-state index in [1.165, 1.54) is 0 Å². The van der Waals surface area contributed by atoms with E-state index in [9.17, 15) is 18.0 Å². The maximum absolute atomic E-state index is 12.3. The summed E-state index contributed by atoms with van der Waals surface area (Å²) in [6.45, 7) is 2.53. The number of nitrogens with one attached hydrogen (secondary N) is 1. The number of likely N-dealkylation sites (tertiary alicyclic amines) is 1. The summed E-state index contributed by atoms with van der Waals surface area (Å²) in [7, 11) is 0. The Kier molecular flexibility index (Phi) is 5.90. The van der Waals surface area contributed by atoms with Crippen LogP contribution in [0.15, 0.2) is 0 Å². The molecule has 2 saturated heterocycles. The second-order valence-electron chi connectivity index (χ2n) is 6.21. The minimum absolute atomic E-state index is 0.148. The van der Waals surface area contributed by atoms with Crippen molar-refractivity contribution in [3.05, 3.63) is 0 Å². The molecule has 1 unspecified atom stereocenters. The standard InChI is InChI=1S/C15H25F3N2O/c16-15(17,18)8-5-14(21)20-11-3-1-2-4-13(20)12-6-9-19-10-7-12/h12-13,19H,1-11H2. The molecule has 0 bridgehead atoms. The average molecular weight is 306 g/mol. The van der Waals surface area contributed by atoms with Crippen molar-refractivity contribution in [1.29, 1.82) is 0 Å². The minimum Gasteiger partial charge on any atom is -0.339 e. The van der Waals surface area contributed by atoms with Crippen molar-refractivity contribution < 1.29 is 18.0 Å². The Morgan fingerprint density at radius 3 is 2.48 bits per heavy atom. The van der Waals surface area contributed by atoms with Crippen LogP contribution in [0.5, 0.6) is 0 Å². The molecule has 6 heteroatoms. The van der Waals surface area contributed by atoms with Gasteiger partial charge in [-0.3, -0.25) is 4.79 Å². The van der Waals surface area contributed by atoms with Gasteiger partial charge in [-0.05, 0) is 44.7 Å². The third-order valence-electron chi connectivity index (χ3n) is 4.67. The van der Waals surface area contributed by atoms with Crippen molar-refractivity contribution in [1.82, 2.24) is 10.2 Å². The fourth-order valence-corrected chi connectivity index (χ4v) is 3.56. The number of amides is 1. The molecule has 122 valence electrons. The number of piperidine rings is 1. The topological polar surface area (TPSA) is 32.3 Å². The van der Waals surface area contributed by atoms with Crippen LogP contribution >= 0.6 is 0 Å². The van der Waals surface area contributed by atoms with Gasteiger partial charge in [-0.15, -0.1) is 0 Å². The Morgan fingerprint density at radius 1 is 1.10 bits per heavy atom. The summed E-state index contributed by atoms with van der Waals surface area (Å²) >= 11 is 0. The maximum Gasteiger partial charge on any atom is 0.389 e. The zero-order valence-corrected chi connectivity index (χ0v) is 12.4. The summed E-state index contributed by atoms with van der Waals surface area (Å²) in [4.78, 5) is 14.0. The second kappa shape index (κ2) is 7.47. The quantitative estimate of drug-likeness (QED) is 0.869. The molecule has 2 heterocycles. The molecule has 0 saturated carbocycles. The smallest absolute Gasteiger partial charge is 0.339 e. The van der Waals surface area contributed by atoms with Crippen LogP contribution in [0.1, 0.15) is 51.4 Å². The lowest BCUT2D eigenvalue weighted by Gasteiger charge is -2.38. The Bertz CT molecular complexity index is 340. The molecule has 0 spiro atoms. The van der Waals surface area contributed by atoms with Gasteiger partial charge < -0.3 is 10.2 Å². The van der Waals surface area contributed by atoms with Gasteiger partial charge in [0.25, 0.3) is 0 Å². The Balaban J connectivity index is 1.99. The predicted octanol–water partition coefficient (Wildman–Crippen LogP) is 3.10. The molecule has 0 aliphatic carbocycles. The Labute approximate surface area is 124 Å². The Morgan fingerprint density at radius 2 is 1.81 bits per heavy atom. The van der Waals surface area contributed by atoms with E-state index in [-0.39, 0.29) is 11.9 Å². The number of hydrogen-bond donors (Lipinski definition) is 1. The molecule has 3 nitrogen and oxygen atoms in total. The number of carbonyl (C=O) groups excluding carboxylic acids is 1. The summed E-state index contributed by atoms with van der Waals surface area (Å²) in [6.07, 6.45) is 0.420. The highest BCUT2D eigenvalue weighted by molar-refractivity contribution is 5.76. The van der Waals surface area contributed by atoms with Crippen molar-refractivity contribution in [2.45, 2.75) is 63.6 Å². The van der Waals surface area contributed by atoms with Gasteiger partial charge in [0.2, 0.25) is 5.91 Å². The molecule has 1 atom stereocenters. The number of alkyl halides is 3. The van der Waals surface area contributed by atoms with Gasteiger partial charge in [0.15, 0.2) is 0 Å². The van der Waals surface area contributed by atoms with E-state index in [0.717, 1.165) is 51.6 Å². The number of nitrogens with zero attached hydrogens (tertiary/aromatic N) is 1. The molecular formula is C15H25F3N2O. The van der Waals surface area contributed by atoms with E-state index < -0.39 is 19.0 Å². The first-order chi connectivity index (χ1) is 9.97. The fourth-order valence-electron chi connectivity index (χ4n) is 3.56. The van der Waals surface area contributed by atoms with Gasteiger partial charge in [0.05, 0.1) is 6.42 Å². The molecule has 1 amide bonds. The van der Waals surface area contributed by atoms with Crippen LogP contribution in [-0.2, 0) is 4.79 Å². The number of carbonyl (C=O) groups is 1. The van der Waals surface area contributed by atoms with Crippen molar-refractivity contribution in [2.24, 2.45) is 5.92 Å². The first-order valence-corrected chi connectivity index (χ1v) is 8.04. The molecule has 0 aromatic heterocycles. The summed E-state index contributed by atoms with van der Waals surface area (Å²) in [5, 5.41) is 3.31. The van der Waals surface area contributed by atoms with Gasteiger partial charge >= 0.3 is 6.18 Å². The molecule has 21 heavy (non-hydrogen) atoms. The van der Waals surface area contributed by atoms with E-state index in [0.29, 0.717) is 12.5 Å². The molecular weight excluding hydrogens is 281 g/mol. The first-order valence-electron chi connectivity index (χ1n) is 8.04. The number of rotatable bonds is 3. The highest BCUT2D eigenvalue weighted by Gasteiger charge is 2.34. The van der Waals surface area contributed by atoms with Crippen LogP contribution in [0, 0.1) is 5.92 Å². The summed E-state index contributed by atoms with van der Waals surface area (Å²) in [5.74, 6) is 0.136. The molecule has 0 aromatic rings. The lowest BCUT2D eigenvalue weighted by Crippen LogP contribution is -2.47. The van der Waals surface area contributed by atoms with Gasteiger partial charge in [-0.25, -0.2) is 0 Å². The van der Waals surface area contributed by atoms with E-state index in [2.05, 4.69) is 5.32 Å². The van der Waals surface area contributed by atoms with E-state index in [1.54, 1.807) is 4.90 Å². The molecule has 2 rings (SSSR count). The van der Waals surface area contributed by atoms with E-state index in [4.69, 9.17) is 0 Å². The van der Waals surface area contributed by atoms with Crippen LogP contribution in [0.3, 0.4) is 0 Å². The van der Waals surface area contributed by atoms with Crippen LogP contribution in [0.25, 0.3) is 0 Å². The normalized spacial score (nSPS) is 25.7.